The first-order valence-corrected chi connectivity index (χ1v) is 6.94. The summed E-state index contributed by atoms with van der Waals surface area (Å²) in [4.78, 5) is 2.44. The molecule has 0 radical (unpaired) electrons. The molecule has 4 nitrogen and oxygen atoms in total. The highest BCUT2D eigenvalue weighted by atomic mass is 15.2. The molecule has 1 aliphatic rings. The van der Waals surface area contributed by atoms with Gasteiger partial charge in [-0.15, -0.1) is 0 Å². The van der Waals surface area contributed by atoms with Crippen molar-refractivity contribution in [2.24, 2.45) is 18.7 Å². The van der Waals surface area contributed by atoms with Gasteiger partial charge in [0.25, 0.3) is 0 Å². The van der Waals surface area contributed by atoms with Crippen molar-refractivity contribution in [3.8, 4) is 0 Å². The van der Waals surface area contributed by atoms with Crippen molar-refractivity contribution >= 4 is 0 Å². The van der Waals surface area contributed by atoms with Crippen LogP contribution in [0.2, 0.25) is 0 Å². The van der Waals surface area contributed by atoms with Crippen molar-refractivity contribution in [3.63, 3.8) is 0 Å². The second-order valence-corrected chi connectivity index (χ2v) is 6.01. The summed E-state index contributed by atoms with van der Waals surface area (Å²) in [5.41, 5.74) is 7.56. The summed E-state index contributed by atoms with van der Waals surface area (Å²) < 4.78 is 1.86. The summed E-state index contributed by atoms with van der Waals surface area (Å²) in [5, 5.41) is 4.24. The molecule has 2 unspecified atom stereocenters. The fourth-order valence-electron chi connectivity index (χ4n) is 3.32. The summed E-state index contributed by atoms with van der Waals surface area (Å²) in [7, 11) is 4.17. The van der Waals surface area contributed by atoms with Crippen LogP contribution in [-0.4, -0.2) is 33.8 Å². The zero-order valence-corrected chi connectivity index (χ0v) is 11.9. The van der Waals surface area contributed by atoms with E-state index in [4.69, 9.17) is 5.73 Å². The molecule has 18 heavy (non-hydrogen) atoms. The Hall–Kier alpha value is -0.870. The molecule has 1 aliphatic carbocycles. The Morgan fingerprint density at radius 1 is 1.61 bits per heavy atom. The first-order chi connectivity index (χ1) is 8.55. The van der Waals surface area contributed by atoms with Gasteiger partial charge in [-0.2, -0.15) is 5.10 Å². The molecular weight excluding hydrogens is 224 g/mol. The molecule has 1 aromatic heterocycles. The topological polar surface area (TPSA) is 47.1 Å². The molecule has 0 amide bonds. The van der Waals surface area contributed by atoms with E-state index in [-0.39, 0.29) is 5.54 Å². The average Bonchev–Trinajstić information content (AvgIpc) is 2.74. The Morgan fingerprint density at radius 3 is 2.94 bits per heavy atom. The predicted octanol–water partition coefficient (Wildman–Crippen LogP) is 1.76. The molecule has 0 aromatic carbocycles. The lowest BCUT2D eigenvalue weighted by Crippen LogP contribution is -2.54. The van der Waals surface area contributed by atoms with E-state index in [2.05, 4.69) is 30.2 Å². The number of hydrogen-bond acceptors (Lipinski definition) is 3. The zero-order valence-electron chi connectivity index (χ0n) is 11.9. The van der Waals surface area contributed by atoms with E-state index in [1.54, 1.807) is 0 Å². The lowest BCUT2D eigenvalue weighted by molar-refractivity contribution is 0.0554. The van der Waals surface area contributed by atoms with Crippen LogP contribution in [0.5, 0.6) is 0 Å². The maximum Gasteiger partial charge on any atom is 0.0534 e. The molecule has 2 N–H and O–H groups in total. The van der Waals surface area contributed by atoms with Crippen LogP contribution in [0.4, 0.5) is 0 Å². The summed E-state index contributed by atoms with van der Waals surface area (Å²) in [6.07, 6.45) is 9.14. The molecule has 0 saturated heterocycles. The lowest BCUT2D eigenvalue weighted by Gasteiger charge is -2.46. The maximum atomic E-state index is 6.10. The predicted molar refractivity (Wildman–Crippen MR) is 74.1 cm³/mol. The van der Waals surface area contributed by atoms with Crippen LogP contribution >= 0.6 is 0 Å². The van der Waals surface area contributed by atoms with Gasteiger partial charge in [-0.25, -0.2) is 0 Å². The van der Waals surface area contributed by atoms with Gasteiger partial charge in [0.05, 0.1) is 6.20 Å². The summed E-state index contributed by atoms with van der Waals surface area (Å²) in [6.45, 7) is 4.05. The molecule has 0 bridgehead atoms. The molecule has 4 heteroatoms. The van der Waals surface area contributed by atoms with E-state index in [9.17, 15) is 0 Å². The van der Waals surface area contributed by atoms with E-state index in [1.165, 1.54) is 31.2 Å². The van der Waals surface area contributed by atoms with Crippen LogP contribution in [0.25, 0.3) is 0 Å². The average molecular weight is 250 g/mol. The number of likely N-dealkylation sites (N-methyl/N-ethyl adjacent to an activating group) is 1. The second kappa shape index (κ2) is 5.41. The quantitative estimate of drug-likeness (QED) is 0.886. The minimum Gasteiger partial charge on any atom is -0.329 e. The van der Waals surface area contributed by atoms with Crippen molar-refractivity contribution < 1.29 is 0 Å². The van der Waals surface area contributed by atoms with Gasteiger partial charge in [-0.05, 0) is 25.8 Å². The Morgan fingerprint density at radius 2 is 2.39 bits per heavy atom. The van der Waals surface area contributed by atoms with E-state index < -0.39 is 0 Å². The molecule has 102 valence electrons. The minimum atomic E-state index is 0.188. The van der Waals surface area contributed by atoms with Crippen molar-refractivity contribution in [2.45, 2.75) is 44.7 Å². The third-order valence-electron chi connectivity index (χ3n) is 4.44. The second-order valence-electron chi connectivity index (χ2n) is 6.01. The summed E-state index contributed by atoms with van der Waals surface area (Å²) >= 11 is 0. The fraction of sp³-hybridized carbons (Fsp3) is 0.786. The van der Waals surface area contributed by atoms with E-state index in [0.29, 0.717) is 0 Å². The smallest absolute Gasteiger partial charge is 0.0534 e. The molecule has 1 saturated carbocycles. The van der Waals surface area contributed by atoms with Gasteiger partial charge in [-0.1, -0.05) is 19.8 Å². The van der Waals surface area contributed by atoms with E-state index >= 15 is 0 Å². The highest BCUT2D eigenvalue weighted by Gasteiger charge is 2.37. The Labute approximate surface area is 110 Å². The number of nitrogens with zero attached hydrogens (tertiary/aromatic N) is 3. The van der Waals surface area contributed by atoms with Gasteiger partial charge < -0.3 is 5.73 Å². The third-order valence-corrected chi connectivity index (χ3v) is 4.44. The van der Waals surface area contributed by atoms with Gasteiger partial charge >= 0.3 is 0 Å². The van der Waals surface area contributed by atoms with E-state index in [0.717, 1.165) is 19.0 Å². The molecule has 2 atom stereocenters. The Balaban J connectivity index is 2.07. The first-order valence-electron chi connectivity index (χ1n) is 6.94. The molecule has 1 heterocycles. The highest BCUT2D eigenvalue weighted by Crippen LogP contribution is 2.36. The van der Waals surface area contributed by atoms with Gasteiger partial charge in [0.2, 0.25) is 0 Å². The highest BCUT2D eigenvalue weighted by molar-refractivity contribution is 5.06. The molecule has 1 aromatic rings. The van der Waals surface area contributed by atoms with Crippen molar-refractivity contribution in [1.82, 2.24) is 14.7 Å². The summed E-state index contributed by atoms with van der Waals surface area (Å²) in [6, 6.07) is 0. The lowest BCUT2D eigenvalue weighted by atomic mass is 9.75. The minimum absolute atomic E-state index is 0.188. The molecule has 2 rings (SSSR count). The van der Waals surface area contributed by atoms with Gasteiger partial charge in [0.15, 0.2) is 0 Å². The van der Waals surface area contributed by atoms with Crippen molar-refractivity contribution in [1.29, 1.82) is 0 Å². The zero-order chi connectivity index (χ0) is 13.2. The van der Waals surface area contributed by atoms with Crippen LogP contribution in [0.1, 0.15) is 38.2 Å². The Kier molecular flexibility index (Phi) is 4.07. The number of rotatable bonds is 4. The van der Waals surface area contributed by atoms with Crippen LogP contribution in [0, 0.1) is 5.92 Å². The molecule has 0 aliphatic heterocycles. The maximum absolute atomic E-state index is 6.10. The number of aryl methyl sites for hydroxylation is 1. The normalized spacial score (nSPS) is 28.8. The number of hydrogen-bond donors (Lipinski definition) is 1. The van der Waals surface area contributed by atoms with E-state index in [1.807, 2.05) is 17.9 Å². The Bertz CT molecular complexity index is 387. The largest absolute Gasteiger partial charge is 0.329 e. The van der Waals surface area contributed by atoms with Crippen molar-refractivity contribution in [3.05, 3.63) is 18.0 Å². The standard InChI is InChI=1S/C14H26N4/c1-12-5-4-6-14(7-12,11-15)17(2)9-13-8-16-18(3)10-13/h8,10,12H,4-7,9,11,15H2,1-3H3. The molecular formula is C14H26N4. The third kappa shape index (κ3) is 2.75. The first kappa shape index (κ1) is 13.6. The van der Waals surface area contributed by atoms with Crippen LogP contribution in [-0.2, 0) is 13.6 Å². The van der Waals surface area contributed by atoms with Crippen LogP contribution < -0.4 is 5.73 Å². The van der Waals surface area contributed by atoms with Gasteiger partial charge in [0.1, 0.15) is 0 Å². The van der Waals surface area contributed by atoms with Gasteiger partial charge in [0, 0.05) is 37.4 Å². The monoisotopic (exact) mass is 250 g/mol. The SMILES string of the molecule is CC1CCCC(CN)(N(C)Cc2cnn(C)c2)C1. The molecule has 1 fully saturated rings. The number of aromatic nitrogens is 2. The fourth-order valence-corrected chi connectivity index (χ4v) is 3.32. The van der Waals surface area contributed by atoms with Gasteiger partial charge in [-0.3, -0.25) is 9.58 Å². The van der Waals surface area contributed by atoms with Crippen LogP contribution in [0.3, 0.4) is 0 Å². The number of nitrogens with two attached hydrogens (primary N) is 1. The summed E-state index contributed by atoms with van der Waals surface area (Å²) in [5.74, 6) is 0.790. The van der Waals surface area contributed by atoms with Crippen molar-refractivity contribution in [2.75, 3.05) is 13.6 Å². The van der Waals surface area contributed by atoms with Crippen LogP contribution in [0.15, 0.2) is 12.4 Å². The molecule has 0 spiro atoms.